The van der Waals surface area contributed by atoms with Gasteiger partial charge in [-0.25, -0.2) is 0 Å². The maximum atomic E-state index is 9.72. The van der Waals surface area contributed by atoms with E-state index in [1.54, 1.807) is 30.5 Å². The number of para-hydroxylation sites is 2. The Balaban J connectivity index is 2.34. The van der Waals surface area contributed by atoms with Gasteiger partial charge in [0, 0.05) is 11.8 Å². The Morgan fingerprint density at radius 3 is 2.67 bits per heavy atom. The summed E-state index contributed by atoms with van der Waals surface area (Å²) in [5.41, 5.74) is 8.63. The summed E-state index contributed by atoms with van der Waals surface area (Å²) in [6, 6.07) is 12.5. The maximum Gasteiger partial charge on any atom is 0.124 e. The van der Waals surface area contributed by atoms with Crippen molar-refractivity contribution in [3.05, 3.63) is 60.2 Å². The predicted octanol–water partition coefficient (Wildman–Crippen LogP) is 3.37. The molecule has 18 heavy (non-hydrogen) atoms. The SMILES string of the molecule is C=Cc1ccc(O)c(C=Nc2ccccc2N)c1. The molecule has 0 amide bonds. The Morgan fingerprint density at radius 2 is 1.94 bits per heavy atom. The van der Waals surface area contributed by atoms with E-state index < -0.39 is 0 Å². The van der Waals surface area contributed by atoms with E-state index in [-0.39, 0.29) is 5.75 Å². The van der Waals surface area contributed by atoms with Crippen molar-refractivity contribution >= 4 is 23.7 Å². The molecule has 0 aliphatic carbocycles. The molecule has 3 N–H and O–H groups in total. The second-order valence-corrected chi connectivity index (χ2v) is 3.84. The molecule has 0 saturated heterocycles. The van der Waals surface area contributed by atoms with Crippen LogP contribution in [0.4, 0.5) is 11.4 Å². The van der Waals surface area contributed by atoms with Crippen LogP contribution in [-0.4, -0.2) is 11.3 Å². The molecule has 3 nitrogen and oxygen atoms in total. The van der Waals surface area contributed by atoms with Gasteiger partial charge in [0.15, 0.2) is 0 Å². The van der Waals surface area contributed by atoms with Crippen molar-refractivity contribution in [2.24, 2.45) is 4.99 Å². The summed E-state index contributed by atoms with van der Waals surface area (Å²) in [4.78, 5) is 4.27. The lowest BCUT2D eigenvalue weighted by Gasteiger charge is -2.01. The summed E-state index contributed by atoms with van der Waals surface area (Å²) in [5.74, 6) is 0.179. The molecule has 3 heteroatoms. The van der Waals surface area contributed by atoms with Crippen molar-refractivity contribution in [2.75, 3.05) is 5.73 Å². The largest absolute Gasteiger partial charge is 0.507 e. The summed E-state index contributed by atoms with van der Waals surface area (Å²) >= 11 is 0. The Kier molecular flexibility index (Phi) is 3.44. The molecular weight excluding hydrogens is 224 g/mol. The van der Waals surface area contributed by atoms with Gasteiger partial charge in [-0.3, -0.25) is 4.99 Å². The quantitative estimate of drug-likeness (QED) is 0.636. The Labute approximate surface area is 106 Å². The number of aromatic hydroxyl groups is 1. The van der Waals surface area contributed by atoms with Crippen molar-refractivity contribution in [3.8, 4) is 5.75 Å². The smallest absolute Gasteiger partial charge is 0.124 e. The fraction of sp³-hybridized carbons (Fsp3) is 0. The van der Waals surface area contributed by atoms with Crippen LogP contribution in [0.2, 0.25) is 0 Å². The highest BCUT2D eigenvalue weighted by Crippen LogP contribution is 2.22. The van der Waals surface area contributed by atoms with Gasteiger partial charge in [0.25, 0.3) is 0 Å². The van der Waals surface area contributed by atoms with Crippen molar-refractivity contribution in [1.29, 1.82) is 0 Å². The lowest BCUT2D eigenvalue weighted by atomic mass is 10.1. The molecule has 2 rings (SSSR count). The van der Waals surface area contributed by atoms with Gasteiger partial charge in [-0.2, -0.15) is 0 Å². The standard InChI is InChI=1S/C15H14N2O/c1-2-11-7-8-15(18)12(9-11)10-17-14-6-4-3-5-13(14)16/h2-10,18H,1,16H2. The minimum absolute atomic E-state index is 0.179. The average molecular weight is 238 g/mol. The molecule has 0 bridgehead atoms. The zero-order valence-electron chi connectivity index (χ0n) is 9.88. The Morgan fingerprint density at radius 1 is 1.17 bits per heavy atom. The van der Waals surface area contributed by atoms with Crippen molar-refractivity contribution in [2.45, 2.75) is 0 Å². The van der Waals surface area contributed by atoms with Crippen LogP contribution in [0.15, 0.2) is 54.0 Å². The number of hydrogen-bond acceptors (Lipinski definition) is 3. The third-order valence-corrected chi connectivity index (χ3v) is 2.57. The highest BCUT2D eigenvalue weighted by Gasteiger charge is 1.99. The molecule has 90 valence electrons. The highest BCUT2D eigenvalue weighted by atomic mass is 16.3. The van der Waals surface area contributed by atoms with Crippen LogP contribution in [0, 0.1) is 0 Å². The van der Waals surface area contributed by atoms with Crippen LogP contribution in [0.5, 0.6) is 5.75 Å². The Bertz CT molecular complexity index is 603. The van der Waals surface area contributed by atoms with E-state index in [2.05, 4.69) is 11.6 Å². The first-order valence-corrected chi connectivity index (χ1v) is 5.55. The van der Waals surface area contributed by atoms with Gasteiger partial charge in [0.2, 0.25) is 0 Å². The average Bonchev–Trinajstić information content (AvgIpc) is 2.39. The second-order valence-electron chi connectivity index (χ2n) is 3.84. The van der Waals surface area contributed by atoms with Gasteiger partial charge in [0.1, 0.15) is 5.75 Å². The van der Waals surface area contributed by atoms with Crippen LogP contribution < -0.4 is 5.73 Å². The first-order chi connectivity index (χ1) is 8.70. The monoisotopic (exact) mass is 238 g/mol. The van der Waals surface area contributed by atoms with Crippen molar-refractivity contribution in [3.63, 3.8) is 0 Å². The third kappa shape index (κ3) is 2.58. The minimum atomic E-state index is 0.179. The highest BCUT2D eigenvalue weighted by molar-refractivity contribution is 5.87. The molecule has 0 spiro atoms. The summed E-state index contributed by atoms with van der Waals surface area (Å²) < 4.78 is 0. The zero-order valence-corrected chi connectivity index (χ0v) is 9.88. The van der Waals surface area contributed by atoms with Gasteiger partial charge < -0.3 is 10.8 Å². The molecule has 2 aromatic carbocycles. The molecule has 2 aromatic rings. The zero-order chi connectivity index (χ0) is 13.0. The topological polar surface area (TPSA) is 58.6 Å². The third-order valence-electron chi connectivity index (χ3n) is 2.57. The molecule has 0 aliphatic heterocycles. The molecule has 0 saturated carbocycles. The predicted molar refractivity (Wildman–Crippen MR) is 76.3 cm³/mol. The molecule has 0 unspecified atom stereocenters. The summed E-state index contributed by atoms with van der Waals surface area (Å²) in [6.07, 6.45) is 3.31. The maximum absolute atomic E-state index is 9.72. The van der Waals surface area contributed by atoms with Crippen LogP contribution in [-0.2, 0) is 0 Å². The number of phenols is 1. The molecule has 0 radical (unpaired) electrons. The van der Waals surface area contributed by atoms with Crippen LogP contribution in [0.1, 0.15) is 11.1 Å². The van der Waals surface area contributed by atoms with E-state index in [1.165, 1.54) is 0 Å². The number of aliphatic imine (C=N–C) groups is 1. The number of hydrogen-bond donors (Lipinski definition) is 2. The number of nitrogen functional groups attached to an aromatic ring is 1. The summed E-state index contributed by atoms with van der Waals surface area (Å²) in [7, 11) is 0. The van der Waals surface area contributed by atoms with Gasteiger partial charge in [-0.1, -0.05) is 30.9 Å². The minimum Gasteiger partial charge on any atom is -0.507 e. The van der Waals surface area contributed by atoms with E-state index in [4.69, 9.17) is 5.73 Å². The molecule has 0 aromatic heterocycles. The lowest BCUT2D eigenvalue weighted by Crippen LogP contribution is -1.87. The van der Waals surface area contributed by atoms with Crippen LogP contribution in [0.3, 0.4) is 0 Å². The van der Waals surface area contributed by atoms with Crippen molar-refractivity contribution in [1.82, 2.24) is 0 Å². The lowest BCUT2D eigenvalue weighted by molar-refractivity contribution is 0.474. The van der Waals surface area contributed by atoms with E-state index >= 15 is 0 Å². The number of anilines is 1. The number of rotatable bonds is 3. The Hall–Kier alpha value is -2.55. The fourth-order valence-electron chi connectivity index (χ4n) is 1.55. The fourth-order valence-corrected chi connectivity index (χ4v) is 1.55. The van der Waals surface area contributed by atoms with E-state index in [0.717, 1.165) is 5.56 Å². The molecular formula is C15H14N2O. The first kappa shape index (κ1) is 11.9. The number of benzene rings is 2. The first-order valence-electron chi connectivity index (χ1n) is 5.55. The van der Waals surface area contributed by atoms with E-state index in [9.17, 15) is 5.11 Å². The normalized spacial score (nSPS) is 10.7. The summed E-state index contributed by atoms with van der Waals surface area (Å²) in [6.45, 7) is 3.69. The van der Waals surface area contributed by atoms with E-state index in [0.29, 0.717) is 16.9 Å². The van der Waals surface area contributed by atoms with Gasteiger partial charge >= 0.3 is 0 Å². The van der Waals surface area contributed by atoms with E-state index in [1.807, 2.05) is 24.3 Å². The van der Waals surface area contributed by atoms with Crippen molar-refractivity contribution < 1.29 is 5.11 Å². The number of phenolic OH excluding ortho intramolecular Hbond substituents is 1. The number of nitrogens with zero attached hydrogens (tertiary/aromatic N) is 1. The molecule has 0 fully saturated rings. The van der Waals surface area contributed by atoms with Crippen LogP contribution in [0.25, 0.3) is 6.08 Å². The molecule has 0 heterocycles. The van der Waals surface area contributed by atoms with Crippen LogP contribution >= 0.6 is 0 Å². The molecule has 0 atom stereocenters. The molecule has 0 aliphatic rings. The number of nitrogens with two attached hydrogens (primary N) is 1. The van der Waals surface area contributed by atoms with Gasteiger partial charge in [-0.05, 0) is 29.8 Å². The van der Waals surface area contributed by atoms with Gasteiger partial charge in [0.05, 0.1) is 11.4 Å². The second kappa shape index (κ2) is 5.19. The summed E-state index contributed by atoms with van der Waals surface area (Å²) in [5, 5.41) is 9.72. The van der Waals surface area contributed by atoms with Gasteiger partial charge in [-0.15, -0.1) is 0 Å².